The zero-order valence-electron chi connectivity index (χ0n) is 14.8. The number of anilines is 1. The fraction of sp³-hybridized carbons (Fsp3) is 0.611. The first-order valence-electron chi connectivity index (χ1n) is 8.46. The molecule has 5 nitrogen and oxygen atoms in total. The van der Waals surface area contributed by atoms with Crippen molar-refractivity contribution in [1.29, 1.82) is 0 Å². The summed E-state index contributed by atoms with van der Waals surface area (Å²) >= 11 is 0. The largest absolute Gasteiger partial charge is 0.493 e. The maximum absolute atomic E-state index is 12.4. The summed E-state index contributed by atoms with van der Waals surface area (Å²) in [5.41, 5.74) is 6.80. The van der Waals surface area contributed by atoms with Crippen LogP contribution in [0.5, 0.6) is 5.75 Å². The molecule has 0 amide bonds. The molecule has 23 heavy (non-hydrogen) atoms. The molecule has 0 unspecified atom stereocenters. The molecule has 1 atom stereocenters. The lowest BCUT2D eigenvalue weighted by molar-refractivity contribution is 0.0377. The van der Waals surface area contributed by atoms with E-state index >= 15 is 0 Å². The number of rotatable bonds is 10. The molecule has 0 heterocycles. The lowest BCUT2D eigenvalue weighted by Gasteiger charge is -2.25. The highest BCUT2D eigenvalue weighted by Crippen LogP contribution is 2.23. The van der Waals surface area contributed by atoms with E-state index in [4.69, 9.17) is 15.2 Å². The second kappa shape index (κ2) is 10.1. The molecular formula is C18H30N2O3. The quantitative estimate of drug-likeness (QED) is 0.406. The van der Waals surface area contributed by atoms with Gasteiger partial charge in [0.05, 0.1) is 6.61 Å². The molecule has 0 saturated carbocycles. The van der Waals surface area contributed by atoms with Crippen molar-refractivity contribution < 1.29 is 14.3 Å². The van der Waals surface area contributed by atoms with E-state index in [-0.39, 0.29) is 12.0 Å². The first kappa shape index (κ1) is 19.3. The Hall–Kier alpha value is -1.75. The summed E-state index contributed by atoms with van der Waals surface area (Å²) in [4.78, 5) is 14.6. The first-order valence-corrected chi connectivity index (χ1v) is 8.46. The van der Waals surface area contributed by atoms with E-state index in [0.29, 0.717) is 30.2 Å². The van der Waals surface area contributed by atoms with Crippen LogP contribution < -0.4 is 10.5 Å². The van der Waals surface area contributed by atoms with E-state index in [9.17, 15) is 4.79 Å². The third-order valence-corrected chi connectivity index (χ3v) is 3.87. The number of likely N-dealkylation sites (N-methyl/N-ethyl adjacent to an activating group) is 1. The van der Waals surface area contributed by atoms with Crippen LogP contribution in [0.15, 0.2) is 18.2 Å². The maximum Gasteiger partial charge on any atom is 0.341 e. The normalized spacial score (nSPS) is 12.2. The lowest BCUT2D eigenvalue weighted by Crippen LogP contribution is -2.36. The molecule has 0 aliphatic heterocycles. The van der Waals surface area contributed by atoms with Crippen LogP contribution in [-0.4, -0.2) is 43.2 Å². The van der Waals surface area contributed by atoms with E-state index in [2.05, 4.69) is 32.6 Å². The Morgan fingerprint density at radius 2 is 1.96 bits per heavy atom. The minimum atomic E-state index is -0.365. The number of esters is 1. The van der Waals surface area contributed by atoms with E-state index in [1.807, 2.05) is 0 Å². The van der Waals surface area contributed by atoms with Gasteiger partial charge in [-0.1, -0.05) is 27.2 Å². The Kier molecular flexibility index (Phi) is 8.48. The molecular weight excluding hydrogens is 292 g/mol. The summed E-state index contributed by atoms with van der Waals surface area (Å²) in [5, 5.41) is 0. The van der Waals surface area contributed by atoms with Gasteiger partial charge in [-0.15, -0.1) is 0 Å². The standard InChI is InChI=1S/C18H30N2O3/c1-5-8-11-22-17-12-15(19)9-10-16(17)18(21)23-13-14(4)20(6-2)7-3/h9-10,12,14H,5-8,11,13,19H2,1-4H3/t14-/m0/s1. The second-order valence-electron chi connectivity index (χ2n) is 5.63. The van der Waals surface area contributed by atoms with Crippen LogP contribution in [0, 0.1) is 0 Å². The van der Waals surface area contributed by atoms with Gasteiger partial charge >= 0.3 is 5.97 Å². The van der Waals surface area contributed by atoms with Gasteiger partial charge < -0.3 is 15.2 Å². The first-order chi connectivity index (χ1) is 11.0. The van der Waals surface area contributed by atoms with Crippen LogP contribution in [0.2, 0.25) is 0 Å². The summed E-state index contributed by atoms with van der Waals surface area (Å²) in [6.07, 6.45) is 1.96. The highest BCUT2D eigenvalue weighted by atomic mass is 16.5. The van der Waals surface area contributed by atoms with Gasteiger partial charge in [-0.2, -0.15) is 0 Å². The number of hydrogen-bond acceptors (Lipinski definition) is 5. The summed E-state index contributed by atoms with van der Waals surface area (Å²) in [6.45, 7) is 11.1. The lowest BCUT2D eigenvalue weighted by atomic mass is 10.2. The predicted octanol–water partition coefficient (Wildman–Crippen LogP) is 3.33. The van der Waals surface area contributed by atoms with Crippen molar-refractivity contribution >= 4 is 11.7 Å². The Morgan fingerprint density at radius 3 is 2.57 bits per heavy atom. The third-order valence-electron chi connectivity index (χ3n) is 3.87. The molecule has 1 aromatic carbocycles. The van der Waals surface area contributed by atoms with E-state index < -0.39 is 0 Å². The summed E-state index contributed by atoms with van der Waals surface area (Å²) < 4.78 is 11.1. The molecule has 0 aliphatic carbocycles. The van der Waals surface area contributed by atoms with Crippen LogP contribution in [0.25, 0.3) is 0 Å². The Bertz CT molecular complexity index is 487. The van der Waals surface area contributed by atoms with Crippen molar-refractivity contribution in [3.05, 3.63) is 23.8 Å². The molecule has 0 radical (unpaired) electrons. The minimum Gasteiger partial charge on any atom is -0.493 e. The molecule has 1 rings (SSSR count). The van der Waals surface area contributed by atoms with Gasteiger partial charge in [-0.25, -0.2) is 4.79 Å². The molecule has 0 spiro atoms. The van der Waals surface area contributed by atoms with Crippen molar-refractivity contribution in [3.8, 4) is 5.75 Å². The monoisotopic (exact) mass is 322 g/mol. The van der Waals surface area contributed by atoms with Gasteiger partial charge in [-0.05, 0) is 38.6 Å². The number of unbranched alkanes of at least 4 members (excludes halogenated alkanes) is 1. The molecule has 5 heteroatoms. The van der Waals surface area contributed by atoms with Gasteiger partial charge in [0.25, 0.3) is 0 Å². The number of carbonyl (C=O) groups is 1. The van der Waals surface area contributed by atoms with Crippen LogP contribution in [0.3, 0.4) is 0 Å². The van der Waals surface area contributed by atoms with E-state index in [1.54, 1.807) is 18.2 Å². The summed E-state index contributed by atoms with van der Waals surface area (Å²) in [5.74, 6) is 0.134. The molecule has 2 N–H and O–H groups in total. The average molecular weight is 322 g/mol. The highest BCUT2D eigenvalue weighted by molar-refractivity contribution is 5.93. The molecule has 0 bridgehead atoms. The third kappa shape index (κ3) is 6.10. The molecule has 0 aromatic heterocycles. The van der Waals surface area contributed by atoms with Crippen LogP contribution in [0.4, 0.5) is 5.69 Å². The van der Waals surface area contributed by atoms with Gasteiger partial charge in [0.1, 0.15) is 17.9 Å². The van der Waals surface area contributed by atoms with Crippen molar-refractivity contribution in [2.24, 2.45) is 0 Å². The van der Waals surface area contributed by atoms with Crippen LogP contribution in [-0.2, 0) is 4.74 Å². The Labute approximate surface area is 139 Å². The molecule has 1 aromatic rings. The summed E-state index contributed by atoms with van der Waals surface area (Å²) in [7, 11) is 0. The van der Waals surface area contributed by atoms with Crippen molar-refractivity contribution in [1.82, 2.24) is 4.90 Å². The molecule has 130 valence electrons. The number of benzene rings is 1. The topological polar surface area (TPSA) is 64.8 Å². The number of nitrogen functional groups attached to an aromatic ring is 1. The Morgan fingerprint density at radius 1 is 1.26 bits per heavy atom. The Balaban J connectivity index is 2.71. The SMILES string of the molecule is CCCCOc1cc(N)ccc1C(=O)OC[C@H](C)N(CC)CC. The zero-order chi connectivity index (χ0) is 17.2. The van der Waals surface area contributed by atoms with Gasteiger partial charge in [0.15, 0.2) is 0 Å². The number of ether oxygens (including phenoxy) is 2. The molecule has 0 fully saturated rings. The van der Waals surface area contributed by atoms with E-state index in [0.717, 1.165) is 25.9 Å². The van der Waals surface area contributed by atoms with Gasteiger partial charge in [-0.3, -0.25) is 4.90 Å². The zero-order valence-corrected chi connectivity index (χ0v) is 14.8. The van der Waals surface area contributed by atoms with Crippen LogP contribution in [0.1, 0.15) is 50.9 Å². The van der Waals surface area contributed by atoms with E-state index in [1.165, 1.54) is 0 Å². The fourth-order valence-corrected chi connectivity index (χ4v) is 2.38. The molecule has 0 aliphatic rings. The number of carbonyl (C=O) groups excluding carboxylic acids is 1. The van der Waals surface area contributed by atoms with Crippen LogP contribution >= 0.6 is 0 Å². The van der Waals surface area contributed by atoms with Gasteiger partial charge in [0, 0.05) is 17.8 Å². The van der Waals surface area contributed by atoms with Crippen molar-refractivity contribution in [3.63, 3.8) is 0 Å². The maximum atomic E-state index is 12.4. The number of hydrogen-bond donors (Lipinski definition) is 1. The summed E-state index contributed by atoms with van der Waals surface area (Å²) in [6, 6.07) is 5.23. The average Bonchev–Trinajstić information content (AvgIpc) is 2.54. The number of nitrogens with zero attached hydrogens (tertiary/aromatic N) is 1. The molecule has 0 saturated heterocycles. The van der Waals surface area contributed by atoms with Gasteiger partial charge in [0.2, 0.25) is 0 Å². The predicted molar refractivity (Wildman–Crippen MR) is 93.9 cm³/mol. The smallest absolute Gasteiger partial charge is 0.341 e. The second-order valence-corrected chi connectivity index (χ2v) is 5.63. The van der Waals surface area contributed by atoms with Crippen molar-refractivity contribution in [2.45, 2.75) is 46.6 Å². The highest BCUT2D eigenvalue weighted by Gasteiger charge is 2.17. The number of nitrogens with two attached hydrogens (primary N) is 1. The fourth-order valence-electron chi connectivity index (χ4n) is 2.38. The minimum absolute atomic E-state index is 0.187. The van der Waals surface area contributed by atoms with Crippen molar-refractivity contribution in [2.75, 3.05) is 32.0 Å².